The highest BCUT2D eigenvalue weighted by molar-refractivity contribution is 5.85. The number of hydrogen-bond donors (Lipinski definition) is 2. The molecule has 3 aromatic rings. The van der Waals surface area contributed by atoms with Crippen LogP contribution >= 0.6 is 0 Å². The van der Waals surface area contributed by atoms with Crippen molar-refractivity contribution in [3.8, 4) is 11.4 Å². The lowest BCUT2D eigenvalue weighted by atomic mass is 10.2. The van der Waals surface area contributed by atoms with Gasteiger partial charge in [-0.15, -0.1) is 0 Å². The highest BCUT2D eigenvalue weighted by Crippen LogP contribution is 2.28. The number of imidazole rings is 1. The van der Waals surface area contributed by atoms with Crippen LogP contribution in [0.25, 0.3) is 22.6 Å². The number of fused-ring (bicyclic) bond motifs is 1. The number of aliphatic hydroxyl groups is 1. The summed E-state index contributed by atoms with van der Waals surface area (Å²) in [6, 6.07) is 0. The minimum Gasteiger partial charge on any atom is -0.395 e. The van der Waals surface area contributed by atoms with Crippen LogP contribution in [0.1, 0.15) is 24.2 Å². The number of nitrogens with zero attached hydrogens (tertiary/aromatic N) is 7. The molecule has 1 saturated heterocycles. The summed E-state index contributed by atoms with van der Waals surface area (Å²) in [5.41, 5.74) is 4.07. The van der Waals surface area contributed by atoms with E-state index in [4.69, 9.17) is 4.98 Å². The van der Waals surface area contributed by atoms with E-state index in [2.05, 4.69) is 20.4 Å². The van der Waals surface area contributed by atoms with E-state index in [1.54, 1.807) is 6.33 Å². The minimum absolute atomic E-state index is 0.0104. The van der Waals surface area contributed by atoms with Gasteiger partial charge in [0.2, 0.25) is 5.91 Å². The molecule has 29 heavy (non-hydrogen) atoms. The van der Waals surface area contributed by atoms with Gasteiger partial charge < -0.3 is 19.9 Å². The molecule has 10 nitrogen and oxygen atoms in total. The minimum atomic E-state index is -0.0104. The molecule has 1 aliphatic rings. The largest absolute Gasteiger partial charge is 0.395 e. The molecule has 0 bridgehead atoms. The van der Waals surface area contributed by atoms with Crippen molar-refractivity contribution in [1.82, 2.24) is 34.2 Å². The van der Waals surface area contributed by atoms with E-state index < -0.39 is 0 Å². The molecule has 0 radical (unpaired) electrons. The van der Waals surface area contributed by atoms with Crippen LogP contribution in [0.5, 0.6) is 0 Å². The average Bonchev–Trinajstić information content (AvgIpc) is 3.36. The molecule has 154 valence electrons. The van der Waals surface area contributed by atoms with E-state index in [1.807, 2.05) is 35.0 Å². The molecule has 0 spiro atoms. The molecule has 0 saturated carbocycles. The van der Waals surface area contributed by atoms with Gasteiger partial charge in [-0.3, -0.25) is 9.48 Å². The first-order valence-corrected chi connectivity index (χ1v) is 9.85. The van der Waals surface area contributed by atoms with Crippen molar-refractivity contribution in [1.29, 1.82) is 0 Å². The number of carbonyl (C=O) groups excluding carboxylic acids is 1. The van der Waals surface area contributed by atoms with Crippen LogP contribution in [0.15, 0.2) is 6.33 Å². The quantitative estimate of drug-likeness (QED) is 0.607. The standard InChI is InChI=1S/C19H26N8O2/c1-12-15(13(2)25(3)24-12)17-22-18(20-6-10-28)16-19(23-17)27(11-21-16)9-8-26-7-4-5-14(26)29/h11,28H,4-10H2,1-3H3,(H,20,22,23). The number of nitrogens with one attached hydrogen (secondary N) is 1. The topological polar surface area (TPSA) is 114 Å². The van der Waals surface area contributed by atoms with E-state index in [1.165, 1.54) is 0 Å². The third-order valence-electron chi connectivity index (χ3n) is 5.38. The summed E-state index contributed by atoms with van der Waals surface area (Å²) >= 11 is 0. The Labute approximate surface area is 168 Å². The third-order valence-corrected chi connectivity index (χ3v) is 5.38. The summed E-state index contributed by atoms with van der Waals surface area (Å²) in [6.07, 6.45) is 3.28. The smallest absolute Gasteiger partial charge is 0.222 e. The third kappa shape index (κ3) is 3.55. The van der Waals surface area contributed by atoms with Crippen molar-refractivity contribution in [2.24, 2.45) is 7.05 Å². The molecular weight excluding hydrogens is 372 g/mol. The number of hydrogen-bond acceptors (Lipinski definition) is 7. The average molecular weight is 398 g/mol. The summed E-state index contributed by atoms with van der Waals surface area (Å²) in [6.45, 7) is 6.34. The number of carbonyl (C=O) groups is 1. The molecule has 0 aromatic carbocycles. The fourth-order valence-corrected chi connectivity index (χ4v) is 3.78. The van der Waals surface area contributed by atoms with E-state index >= 15 is 0 Å². The van der Waals surface area contributed by atoms with Crippen LogP contribution in [0, 0.1) is 13.8 Å². The molecule has 1 aliphatic heterocycles. The second kappa shape index (κ2) is 7.78. The summed E-state index contributed by atoms with van der Waals surface area (Å²) in [5.74, 6) is 1.36. The molecule has 1 fully saturated rings. The van der Waals surface area contributed by atoms with Crippen LogP contribution in [-0.4, -0.2) is 71.5 Å². The van der Waals surface area contributed by atoms with Crippen molar-refractivity contribution in [3.05, 3.63) is 17.7 Å². The Morgan fingerprint density at radius 1 is 1.24 bits per heavy atom. The van der Waals surface area contributed by atoms with Crippen LogP contribution in [-0.2, 0) is 18.4 Å². The van der Waals surface area contributed by atoms with Gasteiger partial charge in [0, 0.05) is 45.3 Å². The molecule has 1 amide bonds. The maximum atomic E-state index is 11.9. The lowest BCUT2D eigenvalue weighted by molar-refractivity contribution is -0.127. The molecule has 0 aliphatic carbocycles. The van der Waals surface area contributed by atoms with Gasteiger partial charge in [-0.1, -0.05) is 0 Å². The van der Waals surface area contributed by atoms with E-state index in [-0.39, 0.29) is 12.5 Å². The fraction of sp³-hybridized carbons (Fsp3) is 0.526. The van der Waals surface area contributed by atoms with Gasteiger partial charge in [0.15, 0.2) is 17.3 Å². The van der Waals surface area contributed by atoms with Gasteiger partial charge >= 0.3 is 0 Å². The van der Waals surface area contributed by atoms with Crippen molar-refractivity contribution in [2.75, 3.05) is 31.6 Å². The zero-order valence-corrected chi connectivity index (χ0v) is 17.0. The molecular formula is C19H26N8O2. The molecule has 2 N–H and O–H groups in total. The Morgan fingerprint density at radius 3 is 2.72 bits per heavy atom. The second-order valence-electron chi connectivity index (χ2n) is 7.31. The molecule has 0 atom stereocenters. The maximum Gasteiger partial charge on any atom is 0.222 e. The number of aliphatic hydroxyl groups excluding tert-OH is 1. The molecule has 0 unspecified atom stereocenters. The summed E-state index contributed by atoms with van der Waals surface area (Å²) in [4.78, 5) is 27.8. The number of aromatic nitrogens is 6. The molecule has 4 rings (SSSR count). The fourth-order valence-electron chi connectivity index (χ4n) is 3.78. The second-order valence-corrected chi connectivity index (χ2v) is 7.31. The van der Waals surface area contributed by atoms with Crippen LogP contribution < -0.4 is 5.32 Å². The van der Waals surface area contributed by atoms with E-state index in [0.29, 0.717) is 48.9 Å². The number of amides is 1. The van der Waals surface area contributed by atoms with Crippen molar-refractivity contribution < 1.29 is 9.90 Å². The monoisotopic (exact) mass is 398 g/mol. The Hall–Kier alpha value is -3.01. The Morgan fingerprint density at radius 2 is 2.07 bits per heavy atom. The maximum absolute atomic E-state index is 11.9. The normalized spacial score (nSPS) is 14.3. The number of anilines is 1. The summed E-state index contributed by atoms with van der Waals surface area (Å²) < 4.78 is 3.77. The van der Waals surface area contributed by atoms with Crippen molar-refractivity contribution in [3.63, 3.8) is 0 Å². The predicted octanol–water partition coefficient (Wildman–Crippen LogP) is 0.870. The van der Waals surface area contributed by atoms with Crippen LogP contribution in [0.4, 0.5) is 5.82 Å². The highest BCUT2D eigenvalue weighted by atomic mass is 16.3. The van der Waals surface area contributed by atoms with Crippen LogP contribution in [0.3, 0.4) is 0 Å². The zero-order chi connectivity index (χ0) is 20.5. The lowest BCUT2D eigenvalue weighted by Gasteiger charge is -2.16. The van der Waals surface area contributed by atoms with Gasteiger partial charge in [0.25, 0.3) is 0 Å². The van der Waals surface area contributed by atoms with Gasteiger partial charge in [-0.2, -0.15) is 5.10 Å². The first kappa shape index (κ1) is 19.3. The van der Waals surface area contributed by atoms with Crippen molar-refractivity contribution in [2.45, 2.75) is 33.2 Å². The number of aryl methyl sites for hydroxylation is 2. The molecule has 3 aromatic heterocycles. The predicted molar refractivity (Wildman–Crippen MR) is 108 cm³/mol. The SMILES string of the molecule is Cc1nn(C)c(C)c1-c1nc(NCCO)c2ncn(CCN3CCCC3=O)c2n1. The molecule has 10 heteroatoms. The number of rotatable bonds is 7. The highest BCUT2D eigenvalue weighted by Gasteiger charge is 2.22. The first-order chi connectivity index (χ1) is 14.0. The van der Waals surface area contributed by atoms with Gasteiger partial charge in [-0.05, 0) is 20.3 Å². The summed E-state index contributed by atoms with van der Waals surface area (Å²) in [7, 11) is 1.90. The van der Waals surface area contributed by atoms with Gasteiger partial charge in [0.1, 0.15) is 5.52 Å². The van der Waals surface area contributed by atoms with Gasteiger partial charge in [-0.25, -0.2) is 15.0 Å². The van der Waals surface area contributed by atoms with Gasteiger partial charge in [0.05, 0.1) is 24.2 Å². The van der Waals surface area contributed by atoms with E-state index in [9.17, 15) is 9.90 Å². The zero-order valence-electron chi connectivity index (χ0n) is 17.0. The van der Waals surface area contributed by atoms with Crippen LogP contribution in [0.2, 0.25) is 0 Å². The lowest BCUT2D eigenvalue weighted by Crippen LogP contribution is -2.28. The first-order valence-electron chi connectivity index (χ1n) is 9.85. The Bertz CT molecular complexity index is 1050. The Balaban J connectivity index is 1.75. The van der Waals surface area contributed by atoms with E-state index in [0.717, 1.165) is 29.9 Å². The molecule has 4 heterocycles. The summed E-state index contributed by atoms with van der Waals surface area (Å²) in [5, 5.41) is 16.8. The Kier molecular flexibility index (Phi) is 5.18. The number of likely N-dealkylation sites (tertiary alicyclic amines) is 1. The van der Waals surface area contributed by atoms with Crippen molar-refractivity contribution >= 4 is 22.9 Å².